The Kier molecular flexibility index (Phi) is 5.27. The first-order chi connectivity index (χ1) is 16.7. The van der Waals surface area contributed by atoms with Gasteiger partial charge in [0.25, 0.3) is 17.4 Å². The summed E-state index contributed by atoms with van der Waals surface area (Å²) in [6.45, 7) is 1.71. The molecule has 35 heavy (non-hydrogen) atoms. The molecule has 0 N–H and O–H groups in total. The number of imide groups is 1. The van der Waals surface area contributed by atoms with Gasteiger partial charge in [-0.05, 0) is 48.9 Å². The summed E-state index contributed by atoms with van der Waals surface area (Å²) in [5, 5.41) is 0.200. The maximum atomic E-state index is 13.6. The van der Waals surface area contributed by atoms with Crippen molar-refractivity contribution in [1.82, 2.24) is 14.5 Å². The number of aromatic nitrogens is 2. The smallest absolute Gasteiger partial charge is 0.269 e. The molecule has 6 nitrogen and oxygen atoms in total. The molecule has 3 aromatic carbocycles. The number of rotatable bonds is 4. The lowest BCUT2D eigenvalue weighted by molar-refractivity contribution is -0.137. The van der Waals surface area contributed by atoms with Gasteiger partial charge in [-0.15, -0.1) is 0 Å². The zero-order valence-corrected chi connectivity index (χ0v) is 18.4. The minimum atomic E-state index is -4.63. The predicted molar refractivity (Wildman–Crippen MR) is 122 cm³/mol. The first-order valence-corrected chi connectivity index (χ1v) is 10.9. The van der Waals surface area contributed by atoms with E-state index in [0.29, 0.717) is 5.52 Å². The van der Waals surface area contributed by atoms with Crippen molar-refractivity contribution in [2.24, 2.45) is 0 Å². The number of alkyl halides is 3. The molecule has 0 spiro atoms. The highest BCUT2D eigenvalue weighted by Gasteiger charge is 2.41. The van der Waals surface area contributed by atoms with Gasteiger partial charge in [-0.1, -0.05) is 37.3 Å². The molecule has 0 bridgehead atoms. The van der Waals surface area contributed by atoms with E-state index in [1.165, 1.54) is 30.3 Å². The van der Waals surface area contributed by atoms with Crippen LogP contribution in [-0.4, -0.2) is 26.3 Å². The third-order valence-corrected chi connectivity index (χ3v) is 6.06. The molecule has 0 fully saturated rings. The Balaban J connectivity index is 1.77. The molecule has 9 heteroatoms. The minimum Gasteiger partial charge on any atom is -0.269 e. The number of carbonyl (C=O) groups is 2. The highest BCUT2D eigenvalue weighted by Crippen LogP contribution is 2.35. The molecule has 0 unspecified atom stereocenters. The second-order valence-electron chi connectivity index (χ2n) is 8.13. The van der Waals surface area contributed by atoms with Gasteiger partial charge in [-0.2, -0.15) is 13.2 Å². The van der Waals surface area contributed by atoms with Crippen LogP contribution in [0.2, 0.25) is 0 Å². The molecule has 4 aromatic rings. The molecule has 1 atom stereocenters. The monoisotopic (exact) mass is 477 g/mol. The van der Waals surface area contributed by atoms with Gasteiger partial charge in [0.15, 0.2) is 0 Å². The normalized spacial score (nSPS) is 14.5. The van der Waals surface area contributed by atoms with Gasteiger partial charge >= 0.3 is 6.18 Å². The van der Waals surface area contributed by atoms with Crippen LogP contribution in [0.15, 0.2) is 77.6 Å². The molecule has 1 aromatic heterocycles. The van der Waals surface area contributed by atoms with Gasteiger partial charge in [0.2, 0.25) is 0 Å². The van der Waals surface area contributed by atoms with E-state index < -0.39 is 35.2 Å². The molecule has 1 aliphatic rings. The van der Waals surface area contributed by atoms with E-state index in [-0.39, 0.29) is 34.4 Å². The van der Waals surface area contributed by atoms with E-state index in [0.717, 1.165) is 21.6 Å². The summed E-state index contributed by atoms with van der Waals surface area (Å²) in [6, 6.07) is 16.1. The van der Waals surface area contributed by atoms with Crippen molar-refractivity contribution in [3.63, 3.8) is 0 Å². The number of benzene rings is 3. The fourth-order valence-electron chi connectivity index (χ4n) is 4.42. The first-order valence-electron chi connectivity index (χ1n) is 10.9. The van der Waals surface area contributed by atoms with Crippen molar-refractivity contribution in [3.05, 3.63) is 106 Å². The minimum absolute atomic E-state index is 0.00466. The Morgan fingerprint density at radius 3 is 2.11 bits per heavy atom. The van der Waals surface area contributed by atoms with Crippen LogP contribution < -0.4 is 5.56 Å². The molecule has 2 heterocycles. The van der Waals surface area contributed by atoms with Crippen LogP contribution in [0.3, 0.4) is 0 Å². The number of para-hydroxylation sites is 1. The number of hydrogen-bond acceptors (Lipinski definition) is 4. The lowest BCUT2D eigenvalue weighted by Crippen LogP contribution is -2.38. The number of amides is 2. The maximum absolute atomic E-state index is 13.6. The van der Waals surface area contributed by atoms with Crippen molar-refractivity contribution < 1.29 is 22.8 Å². The molecule has 1 aliphatic heterocycles. The maximum Gasteiger partial charge on any atom is 0.416 e. The Morgan fingerprint density at radius 2 is 1.49 bits per heavy atom. The van der Waals surface area contributed by atoms with Gasteiger partial charge < -0.3 is 0 Å². The Bertz CT molecular complexity index is 1520. The zero-order chi connectivity index (χ0) is 24.9. The quantitative estimate of drug-likeness (QED) is 0.381. The highest BCUT2D eigenvalue weighted by atomic mass is 19.4. The van der Waals surface area contributed by atoms with E-state index >= 15 is 0 Å². The molecule has 176 valence electrons. The number of halogens is 3. The summed E-state index contributed by atoms with van der Waals surface area (Å²) in [4.78, 5) is 45.6. The third-order valence-electron chi connectivity index (χ3n) is 6.06. The van der Waals surface area contributed by atoms with Crippen LogP contribution in [0.1, 0.15) is 51.5 Å². The molecule has 5 rings (SSSR count). The van der Waals surface area contributed by atoms with Crippen molar-refractivity contribution in [2.45, 2.75) is 25.6 Å². The number of hydrogen-bond donors (Lipinski definition) is 0. The number of carbonyl (C=O) groups excluding carboxylic acids is 2. The molecule has 0 saturated heterocycles. The summed E-state index contributed by atoms with van der Waals surface area (Å²) in [5.41, 5.74) is -0.830. The topological polar surface area (TPSA) is 72.3 Å². The molecular formula is C26H18F3N3O3. The number of fused-ring (bicyclic) bond motifs is 2. The van der Waals surface area contributed by atoms with E-state index in [1.54, 1.807) is 37.3 Å². The second-order valence-corrected chi connectivity index (χ2v) is 8.13. The average molecular weight is 477 g/mol. The summed E-state index contributed by atoms with van der Waals surface area (Å²) in [5.74, 6) is -1.09. The van der Waals surface area contributed by atoms with Gasteiger partial charge in [-0.3, -0.25) is 23.9 Å². The van der Waals surface area contributed by atoms with Crippen molar-refractivity contribution in [3.8, 4) is 5.69 Å². The Morgan fingerprint density at radius 1 is 0.857 bits per heavy atom. The summed E-state index contributed by atoms with van der Waals surface area (Å²) in [6.07, 6.45) is -4.44. The molecular weight excluding hydrogens is 459 g/mol. The summed E-state index contributed by atoms with van der Waals surface area (Å²) >= 11 is 0. The molecule has 0 radical (unpaired) electrons. The third kappa shape index (κ3) is 3.60. The summed E-state index contributed by atoms with van der Waals surface area (Å²) in [7, 11) is 0. The van der Waals surface area contributed by atoms with E-state index in [4.69, 9.17) is 0 Å². The highest BCUT2D eigenvalue weighted by molar-refractivity contribution is 6.21. The Hall–Kier alpha value is -4.27. The second kappa shape index (κ2) is 8.19. The Labute approximate surface area is 197 Å². The van der Waals surface area contributed by atoms with E-state index in [9.17, 15) is 27.6 Å². The predicted octanol–water partition coefficient (Wildman–Crippen LogP) is 5.15. The van der Waals surface area contributed by atoms with E-state index in [2.05, 4.69) is 4.98 Å². The molecule has 0 saturated carbocycles. The van der Waals surface area contributed by atoms with Crippen LogP contribution in [0.25, 0.3) is 16.6 Å². The van der Waals surface area contributed by atoms with Crippen LogP contribution in [0, 0.1) is 0 Å². The van der Waals surface area contributed by atoms with Crippen molar-refractivity contribution >= 4 is 22.7 Å². The largest absolute Gasteiger partial charge is 0.416 e. The van der Waals surface area contributed by atoms with Crippen molar-refractivity contribution in [1.29, 1.82) is 0 Å². The standard InChI is InChI=1S/C26H18F3N3O3/c1-2-21(32-23(33)17-10-3-4-11-18(17)24(32)34)22-30-20-13-6-5-12-19(20)25(35)31(22)16-9-7-8-15(14-16)26(27,28)29/h3-14,21H,2H2,1H3/t21-/m0/s1. The lowest BCUT2D eigenvalue weighted by atomic mass is 10.1. The fraction of sp³-hybridized carbons (Fsp3) is 0.154. The summed E-state index contributed by atoms with van der Waals surface area (Å²) < 4.78 is 41.4. The number of nitrogens with zero attached hydrogens (tertiary/aromatic N) is 3. The lowest BCUT2D eigenvalue weighted by Gasteiger charge is -2.27. The van der Waals surface area contributed by atoms with E-state index in [1.807, 2.05) is 0 Å². The van der Waals surface area contributed by atoms with Gasteiger partial charge in [0.1, 0.15) is 5.82 Å². The average Bonchev–Trinajstić information content (AvgIpc) is 3.10. The first kappa shape index (κ1) is 22.5. The van der Waals surface area contributed by atoms with Gasteiger partial charge in [-0.25, -0.2) is 4.98 Å². The van der Waals surface area contributed by atoms with Crippen LogP contribution in [0.5, 0.6) is 0 Å². The van der Waals surface area contributed by atoms with Gasteiger partial charge in [0, 0.05) is 0 Å². The SMILES string of the molecule is CC[C@@H](c1nc2ccccc2c(=O)n1-c1cccc(C(F)(F)F)c1)N1C(=O)c2ccccc2C1=O. The van der Waals surface area contributed by atoms with Gasteiger partial charge in [0.05, 0.1) is 39.3 Å². The van der Waals surface area contributed by atoms with Crippen LogP contribution >= 0.6 is 0 Å². The van der Waals surface area contributed by atoms with Crippen molar-refractivity contribution in [2.75, 3.05) is 0 Å². The molecule has 0 aliphatic carbocycles. The van der Waals surface area contributed by atoms with Crippen LogP contribution in [-0.2, 0) is 6.18 Å². The zero-order valence-electron chi connectivity index (χ0n) is 18.4. The van der Waals surface area contributed by atoms with Crippen LogP contribution in [0.4, 0.5) is 13.2 Å². The fourth-order valence-corrected chi connectivity index (χ4v) is 4.42. The molecule has 2 amide bonds.